The van der Waals surface area contributed by atoms with Crippen LogP contribution >= 0.6 is 0 Å². The predicted octanol–water partition coefficient (Wildman–Crippen LogP) is 5.51. The van der Waals surface area contributed by atoms with Gasteiger partial charge in [-0.15, -0.1) is 0 Å². The van der Waals surface area contributed by atoms with Crippen LogP contribution in [0.1, 0.15) is 24.0 Å². The van der Waals surface area contributed by atoms with E-state index in [9.17, 15) is 0 Å². The Bertz CT molecular complexity index is 549. The molecule has 2 aromatic carbocycles. The quantitative estimate of drug-likeness (QED) is 0.622. The molecule has 100 valence electrons. The van der Waals surface area contributed by atoms with E-state index in [0.717, 1.165) is 5.57 Å². The van der Waals surface area contributed by atoms with Gasteiger partial charge in [-0.3, -0.25) is 0 Å². The molecule has 0 saturated carbocycles. The summed E-state index contributed by atoms with van der Waals surface area (Å²) in [5.41, 5.74) is 3.64. The highest BCUT2D eigenvalue weighted by molar-refractivity contribution is 5.44. The Balaban J connectivity index is 2.38. The van der Waals surface area contributed by atoms with E-state index < -0.39 is 0 Å². The smallest absolute Gasteiger partial charge is 0.0334 e. The molecule has 0 bridgehead atoms. The maximum absolute atomic E-state index is 4.26. The lowest BCUT2D eigenvalue weighted by Crippen LogP contribution is -2.02. The molecule has 0 spiro atoms. The fourth-order valence-electron chi connectivity index (χ4n) is 2.30. The Morgan fingerprint density at radius 2 is 1.35 bits per heavy atom. The summed E-state index contributed by atoms with van der Waals surface area (Å²) >= 11 is 0. The van der Waals surface area contributed by atoms with E-state index in [1.165, 1.54) is 11.1 Å². The third kappa shape index (κ3) is 3.58. The topological polar surface area (TPSA) is 0 Å². The standard InChI is InChI=1S/C20H20/c1-3-4-7-12-17(2)20(18-13-8-5-9-14-18)19-15-10-6-11-16-19/h3-16,20H,2H2,1H3/b4-3-,12-7-. The maximum atomic E-state index is 4.26. The molecule has 0 saturated heterocycles. The van der Waals surface area contributed by atoms with E-state index in [1.807, 2.05) is 37.3 Å². The Kier molecular flexibility index (Phi) is 5.14. The molecule has 0 aliphatic rings. The summed E-state index contributed by atoms with van der Waals surface area (Å²) in [5.74, 6) is 0.207. The van der Waals surface area contributed by atoms with Crippen molar-refractivity contribution >= 4 is 0 Å². The third-order valence-electron chi connectivity index (χ3n) is 3.25. The normalized spacial score (nSPS) is 11.5. The van der Waals surface area contributed by atoms with Gasteiger partial charge in [0, 0.05) is 5.92 Å². The van der Waals surface area contributed by atoms with E-state index in [2.05, 4.69) is 61.2 Å². The molecule has 20 heavy (non-hydrogen) atoms. The minimum Gasteiger partial charge on any atom is -0.0949 e. The van der Waals surface area contributed by atoms with Crippen molar-refractivity contribution in [3.8, 4) is 0 Å². The van der Waals surface area contributed by atoms with Crippen LogP contribution < -0.4 is 0 Å². The minimum absolute atomic E-state index is 0.207. The molecule has 0 fully saturated rings. The molecule has 0 atom stereocenters. The van der Waals surface area contributed by atoms with Crippen LogP contribution in [0.2, 0.25) is 0 Å². The lowest BCUT2D eigenvalue weighted by molar-refractivity contribution is 0.982. The van der Waals surface area contributed by atoms with Crippen molar-refractivity contribution in [1.82, 2.24) is 0 Å². The highest BCUT2D eigenvalue weighted by atomic mass is 14.2. The fraction of sp³-hybridized carbons (Fsp3) is 0.100. The van der Waals surface area contributed by atoms with Gasteiger partial charge in [0.15, 0.2) is 0 Å². The second-order valence-electron chi connectivity index (χ2n) is 4.71. The van der Waals surface area contributed by atoms with E-state index in [1.54, 1.807) is 0 Å². The van der Waals surface area contributed by atoms with Gasteiger partial charge >= 0.3 is 0 Å². The molecular weight excluding hydrogens is 240 g/mol. The second-order valence-corrected chi connectivity index (χ2v) is 4.71. The van der Waals surface area contributed by atoms with Crippen molar-refractivity contribution in [2.24, 2.45) is 0 Å². The van der Waals surface area contributed by atoms with Crippen LogP contribution in [0.5, 0.6) is 0 Å². The van der Waals surface area contributed by atoms with Crippen molar-refractivity contribution in [3.63, 3.8) is 0 Å². The molecule has 0 unspecified atom stereocenters. The van der Waals surface area contributed by atoms with Crippen LogP contribution in [-0.2, 0) is 0 Å². The van der Waals surface area contributed by atoms with Gasteiger partial charge in [0.25, 0.3) is 0 Å². The first-order chi connectivity index (χ1) is 9.83. The number of hydrogen-bond donors (Lipinski definition) is 0. The van der Waals surface area contributed by atoms with Gasteiger partial charge in [-0.1, -0.05) is 91.5 Å². The molecule has 0 heteroatoms. The fourth-order valence-corrected chi connectivity index (χ4v) is 2.30. The van der Waals surface area contributed by atoms with Gasteiger partial charge in [-0.25, -0.2) is 0 Å². The van der Waals surface area contributed by atoms with Crippen molar-refractivity contribution in [2.45, 2.75) is 12.8 Å². The first-order valence-corrected chi connectivity index (χ1v) is 6.91. The molecule has 0 amide bonds. The molecule has 0 aliphatic heterocycles. The highest BCUT2D eigenvalue weighted by Gasteiger charge is 2.15. The lowest BCUT2D eigenvalue weighted by atomic mass is 9.85. The number of benzene rings is 2. The second kappa shape index (κ2) is 7.30. The summed E-state index contributed by atoms with van der Waals surface area (Å²) < 4.78 is 0. The lowest BCUT2D eigenvalue weighted by Gasteiger charge is -2.18. The molecule has 2 aromatic rings. The first kappa shape index (κ1) is 14.1. The minimum atomic E-state index is 0.207. The highest BCUT2D eigenvalue weighted by Crippen LogP contribution is 2.31. The largest absolute Gasteiger partial charge is 0.0949 e. The van der Waals surface area contributed by atoms with Crippen LogP contribution in [-0.4, -0.2) is 0 Å². The van der Waals surface area contributed by atoms with Crippen LogP contribution in [0.15, 0.2) is 97.1 Å². The Labute approximate surface area is 121 Å². The van der Waals surface area contributed by atoms with Crippen LogP contribution in [0.4, 0.5) is 0 Å². The summed E-state index contributed by atoms with van der Waals surface area (Å²) in [6, 6.07) is 21.0. The summed E-state index contributed by atoms with van der Waals surface area (Å²) in [7, 11) is 0. The molecular formula is C20H20. The van der Waals surface area contributed by atoms with Gasteiger partial charge in [-0.2, -0.15) is 0 Å². The molecule has 0 aliphatic carbocycles. The zero-order valence-corrected chi connectivity index (χ0v) is 11.9. The van der Waals surface area contributed by atoms with Gasteiger partial charge < -0.3 is 0 Å². The van der Waals surface area contributed by atoms with Gasteiger partial charge in [-0.05, 0) is 23.6 Å². The summed E-state index contributed by atoms with van der Waals surface area (Å²) in [6.45, 7) is 6.27. The molecule has 0 heterocycles. The Hall–Kier alpha value is -2.34. The summed E-state index contributed by atoms with van der Waals surface area (Å²) in [6.07, 6.45) is 8.17. The molecule has 0 nitrogen and oxygen atoms in total. The number of allylic oxidation sites excluding steroid dienone is 5. The van der Waals surface area contributed by atoms with Gasteiger partial charge in [0.1, 0.15) is 0 Å². The first-order valence-electron chi connectivity index (χ1n) is 6.91. The maximum Gasteiger partial charge on any atom is 0.0334 e. The van der Waals surface area contributed by atoms with E-state index in [-0.39, 0.29) is 5.92 Å². The molecule has 0 aromatic heterocycles. The summed E-state index contributed by atoms with van der Waals surface area (Å²) in [5, 5.41) is 0. The average Bonchev–Trinajstić information content (AvgIpc) is 2.50. The SMILES string of the molecule is C=C(/C=C\C=C/C)C(c1ccccc1)c1ccccc1. The van der Waals surface area contributed by atoms with Crippen molar-refractivity contribution in [1.29, 1.82) is 0 Å². The van der Waals surface area contributed by atoms with Crippen molar-refractivity contribution in [3.05, 3.63) is 108 Å². The van der Waals surface area contributed by atoms with E-state index in [0.29, 0.717) is 0 Å². The number of rotatable bonds is 5. The van der Waals surface area contributed by atoms with Crippen molar-refractivity contribution in [2.75, 3.05) is 0 Å². The van der Waals surface area contributed by atoms with Crippen molar-refractivity contribution < 1.29 is 0 Å². The number of hydrogen-bond acceptors (Lipinski definition) is 0. The molecule has 2 rings (SSSR count). The summed E-state index contributed by atoms with van der Waals surface area (Å²) in [4.78, 5) is 0. The Morgan fingerprint density at radius 1 is 0.850 bits per heavy atom. The third-order valence-corrected chi connectivity index (χ3v) is 3.25. The predicted molar refractivity (Wildman–Crippen MR) is 87.8 cm³/mol. The monoisotopic (exact) mass is 260 g/mol. The van der Waals surface area contributed by atoms with Gasteiger partial charge in [0.2, 0.25) is 0 Å². The van der Waals surface area contributed by atoms with E-state index >= 15 is 0 Å². The molecule has 0 radical (unpaired) electrons. The zero-order valence-electron chi connectivity index (χ0n) is 11.9. The van der Waals surface area contributed by atoms with Crippen LogP contribution in [0, 0.1) is 0 Å². The molecule has 0 N–H and O–H groups in total. The van der Waals surface area contributed by atoms with Crippen LogP contribution in [0.3, 0.4) is 0 Å². The van der Waals surface area contributed by atoms with Gasteiger partial charge in [0.05, 0.1) is 0 Å². The average molecular weight is 260 g/mol. The zero-order chi connectivity index (χ0) is 14.2. The van der Waals surface area contributed by atoms with E-state index in [4.69, 9.17) is 0 Å². The van der Waals surface area contributed by atoms with Crippen LogP contribution in [0.25, 0.3) is 0 Å². The Morgan fingerprint density at radius 3 is 1.80 bits per heavy atom.